The minimum Gasteiger partial charge on any atom is -0.403 e. The number of halogens is 1. The Hall–Kier alpha value is -2.83. The van der Waals surface area contributed by atoms with Crippen LogP contribution in [0.3, 0.4) is 0 Å². The van der Waals surface area contributed by atoms with Crippen LogP contribution < -0.4 is 16.4 Å². The lowest BCUT2D eigenvalue weighted by atomic mass is 10.3. The second kappa shape index (κ2) is 8.32. The second-order valence-corrected chi connectivity index (χ2v) is 5.86. The number of para-hydroxylation sites is 1. The highest BCUT2D eigenvalue weighted by Crippen LogP contribution is 2.22. The van der Waals surface area contributed by atoms with Gasteiger partial charge in [-0.3, -0.25) is 4.90 Å². The molecule has 1 aliphatic heterocycles. The number of anilines is 1. The summed E-state index contributed by atoms with van der Waals surface area (Å²) < 4.78 is 14.0. The Morgan fingerprint density at radius 1 is 1.44 bits per heavy atom. The molecule has 0 radical (unpaired) electrons. The Kier molecular flexibility index (Phi) is 6.16. The fraction of sp³-hybridized carbons (Fsp3) is 0.333. The maximum Gasteiger partial charge on any atom is 0.210 e. The first-order chi connectivity index (χ1) is 12.0. The van der Waals surface area contributed by atoms with Crippen LogP contribution in [0.2, 0.25) is 0 Å². The Labute approximate surface area is 148 Å². The molecule has 1 heterocycles. The monoisotopic (exact) mass is 344 g/mol. The number of nitrogens with zero attached hydrogens (tertiary/aromatic N) is 3. The first kappa shape index (κ1) is 18.5. The van der Waals surface area contributed by atoms with Crippen LogP contribution in [0.1, 0.15) is 27.2 Å². The molecule has 0 unspecified atom stereocenters. The van der Waals surface area contributed by atoms with Crippen molar-refractivity contribution in [3.63, 3.8) is 0 Å². The fourth-order valence-electron chi connectivity index (χ4n) is 2.36. The maximum atomic E-state index is 14.0. The van der Waals surface area contributed by atoms with E-state index in [-0.39, 0.29) is 11.9 Å². The van der Waals surface area contributed by atoms with Gasteiger partial charge in [0.15, 0.2) is 5.84 Å². The van der Waals surface area contributed by atoms with Crippen molar-refractivity contribution >= 4 is 17.5 Å². The van der Waals surface area contributed by atoms with Crippen LogP contribution in [0.5, 0.6) is 0 Å². The summed E-state index contributed by atoms with van der Waals surface area (Å²) in [5, 5.41) is 6.15. The van der Waals surface area contributed by atoms with Gasteiger partial charge in [0, 0.05) is 18.8 Å². The van der Waals surface area contributed by atoms with Crippen molar-refractivity contribution in [1.82, 2.24) is 10.2 Å². The molecule has 4 N–H and O–H groups in total. The minimum absolute atomic E-state index is 0.0354. The number of nitrogens with two attached hydrogens (primary N) is 1. The molecule has 0 amide bonds. The van der Waals surface area contributed by atoms with E-state index in [2.05, 4.69) is 34.1 Å². The summed E-state index contributed by atoms with van der Waals surface area (Å²) >= 11 is 0. The van der Waals surface area contributed by atoms with Gasteiger partial charge in [0.1, 0.15) is 17.3 Å². The summed E-state index contributed by atoms with van der Waals surface area (Å²) in [6.45, 7) is 10.7. The van der Waals surface area contributed by atoms with E-state index in [9.17, 15) is 4.39 Å². The molecule has 1 aromatic carbocycles. The van der Waals surface area contributed by atoms with E-state index >= 15 is 0 Å². The van der Waals surface area contributed by atoms with E-state index in [0.29, 0.717) is 29.0 Å². The minimum atomic E-state index is -0.355. The Morgan fingerprint density at radius 3 is 2.76 bits per heavy atom. The van der Waals surface area contributed by atoms with Gasteiger partial charge in [0.2, 0.25) is 5.96 Å². The summed E-state index contributed by atoms with van der Waals surface area (Å²) in [7, 11) is 0. The molecule has 0 bridgehead atoms. The first-order valence-electron chi connectivity index (χ1n) is 8.31. The molecular formula is C18H25FN6. The van der Waals surface area contributed by atoms with Gasteiger partial charge in [-0.25, -0.2) is 14.4 Å². The third-order valence-corrected chi connectivity index (χ3v) is 3.53. The van der Waals surface area contributed by atoms with Crippen LogP contribution in [0.25, 0.3) is 0 Å². The summed E-state index contributed by atoms with van der Waals surface area (Å²) in [5.74, 6) is 1.22. The van der Waals surface area contributed by atoms with Crippen molar-refractivity contribution in [3.8, 4) is 0 Å². The molecule has 7 heteroatoms. The molecule has 2 rings (SSSR count). The summed E-state index contributed by atoms with van der Waals surface area (Å²) in [6, 6.07) is 6.47. The van der Waals surface area contributed by atoms with Crippen LogP contribution >= 0.6 is 0 Å². The molecule has 1 aliphatic rings. The van der Waals surface area contributed by atoms with Gasteiger partial charge < -0.3 is 16.4 Å². The van der Waals surface area contributed by atoms with E-state index in [1.165, 1.54) is 12.3 Å². The Balaban J connectivity index is 2.33. The Morgan fingerprint density at radius 2 is 2.16 bits per heavy atom. The lowest BCUT2D eigenvalue weighted by molar-refractivity contribution is 0.506. The van der Waals surface area contributed by atoms with Crippen LogP contribution in [0.15, 0.2) is 58.5 Å². The number of hydrogen-bond donors (Lipinski definition) is 3. The predicted octanol–water partition coefficient (Wildman–Crippen LogP) is 2.99. The number of rotatable bonds is 6. The molecule has 25 heavy (non-hydrogen) atoms. The van der Waals surface area contributed by atoms with E-state index in [1.54, 1.807) is 18.2 Å². The number of amidine groups is 1. The second-order valence-electron chi connectivity index (χ2n) is 5.86. The SMILES string of the molecule is C=C(/N=C1\C(=C/N)N=C(Nc2ccccc2F)N1C(C)C)NCCC. The highest BCUT2D eigenvalue weighted by molar-refractivity contribution is 6.18. The average Bonchev–Trinajstić information content (AvgIpc) is 2.92. The molecule has 0 fully saturated rings. The zero-order valence-corrected chi connectivity index (χ0v) is 14.9. The zero-order chi connectivity index (χ0) is 18.4. The summed E-state index contributed by atoms with van der Waals surface area (Å²) in [5.41, 5.74) is 6.57. The number of nitrogens with one attached hydrogen (secondary N) is 2. The number of benzene rings is 1. The van der Waals surface area contributed by atoms with Gasteiger partial charge >= 0.3 is 0 Å². The van der Waals surface area contributed by atoms with Gasteiger partial charge in [-0.2, -0.15) is 0 Å². The van der Waals surface area contributed by atoms with E-state index in [1.807, 2.05) is 18.7 Å². The maximum absolute atomic E-state index is 14.0. The van der Waals surface area contributed by atoms with Crippen LogP contribution in [-0.4, -0.2) is 29.3 Å². The fourth-order valence-corrected chi connectivity index (χ4v) is 2.36. The van der Waals surface area contributed by atoms with Gasteiger partial charge in [-0.1, -0.05) is 25.6 Å². The quantitative estimate of drug-likeness (QED) is 0.741. The largest absolute Gasteiger partial charge is 0.403 e. The van der Waals surface area contributed by atoms with Crippen molar-refractivity contribution in [2.45, 2.75) is 33.2 Å². The number of aliphatic imine (C=N–C) groups is 2. The van der Waals surface area contributed by atoms with Gasteiger partial charge in [-0.15, -0.1) is 0 Å². The molecule has 0 atom stereocenters. The smallest absolute Gasteiger partial charge is 0.210 e. The zero-order valence-electron chi connectivity index (χ0n) is 14.9. The van der Waals surface area contributed by atoms with Gasteiger partial charge in [-0.05, 0) is 32.4 Å². The predicted molar refractivity (Wildman–Crippen MR) is 102 cm³/mol. The highest BCUT2D eigenvalue weighted by atomic mass is 19.1. The van der Waals surface area contributed by atoms with Gasteiger partial charge in [0.05, 0.1) is 5.69 Å². The van der Waals surface area contributed by atoms with Crippen molar-refractivity contribution in [1.29, 1.82) is 0 Å². The van der Waals surface area contributed by atoms with Crippen LogP contribution in [0, 0.1) is 5.82 Å². The molecule has 0 saturated carbocycles. The van der Waals surface area contributed by atoms with Crippen molar-refractivity contribution < 1.29 is 4.39 Å². The molecule has 0 aliphatic carbocycles. The van der Waals surface area contributed by atoms with Gasteiger partial charge in [0.25, 0.3) is 0 Å². The van der Waals surface area contributed by atoms with E-state index in [4.69, 9.17) is 5.73 Å². The molecule has 1 aromatic rings. The third kappa shape index (κ3) is 4.37. The molecular weight excluding hydrogens is 319 g/mol. The highest BCUT2D eigenvalue weighted by Gasteiger charge is 2.31. The topological polar surface area (TPSA) is 78.0 Å². The molecule has 0 spiro atoms. The average molecular weight is 344 g/mol. The standard InChI is InChI=1S/C18H25FN6/c1-5-10-21-13(4)22-17-16(11-20)24-18(25(17)12(2)3)23-15-9-7-6-8-14(15)19/h6-9,11-12,21H,4-5,10,20H2,1-3H3,(H,23,24)/b16-11+,22-17+. The molecule has 134 valence electrons. The van der Waals surface area contributed by atoms with Crippen LogP contribution in [-0.2, 0) is 0 Å². The van der Waals surface area contributed by atoms with Crippen molar-refractivity contribution in [2.24, 2.45) is 15.7 Å². The van der Waals surface area contributed by atoms with Crippen molar-refractivity contribution in [2.75, 3.05) is 11.9 Å². The number of hydrogen-bond acceptors (Lipinski definition) is 5. The molecule has 0 saturated heterocycles. The molecule has 6 nitrogen and oxygen atoms in total. The van der Waals surface area contributed by atoms with Crippen LogP contribution in [0.4, 0.5) is 10.1 Å². The lowest BCUT2D eigenvalue weighted by Crippen LogP contribution is -2.42. The Bertz CT molecular complexity index is 720. The lowest BCUT2D eigenvalue weighted by Gasteiger charge is -2.26. The van der Waals surface area contributed by atoms with E-state index in [0.717, 1.165) is 13.0 Å². The number of guanidine groups is 1. The summed E-state index contributed by atoms with van der Waals surface area (Å²) in [4.78, 5) is 10.8. The third-order valence-electron chi connectivity index (χ3n) is 3.53. The molecule has 0 aromatic heterocycles. The van der Waals surface area contributed by atoms with E-state index < -0.39 is 0 Å². The van der Waals surface area contributed by atoms with Crippen molar-refractivity contribution in [3.05, 3.63) is 54.4 Å². The first-order valence-corrected chi connectivity index (χ1v) is 8.31. The summed E-state index contributed by atoms with van der Waals surface area (Å²) in [6.07, 6.45) is 2.35. The normalized spacial score (nSPS) is 17.3.